The lowest BCUT2D eigenvalue weighted by Crippen LogP contribution is -2.34. The first-order valence-electron chi connectivity index (χ1n) is 20.4. The summed E-state index contributed by atoms with van der Waals surface area (Å²) in [6.07, 6.45) is 35.3. The Morgan fingerprint density at radius 2 is 0.962 bits per heavy atom. The van der Waals surface area contributed by atoms with Crippen LogP contribution in [0, 0.1) is 0 Å². The van der Waals surface area contributed by atoms with Crippen LogP contribution in [0.25, 0.3) is 0 Å². The summed E-state index contributed by atoms with van der Waals surface area (Å²) in [7, 11) is -4.71. The van der Waals surface area contributed by atoms with Crippen LogP contribution in [0.1, 0.15) is 181 Å². The fourth-order valence-electron chi connectivity index (χ4n) is 5.41. The second-order valence-electron chi connectivity index (χ2n) is 13.8. The van der Waals surface area contributed by atoms with Crippen molar-refractivity contribution in [2.75, 3.05) is 19.8 Å². The molecule has 0 aliphatic heterocycles. The number of hydrogen-bond acceptors (Lipinski definition) is 9. The molecule has 0 aromatic heterocycles. The highest BCUT2D eigenvalue weighted by molar-refractivity contribution is 7.47. The van der Waals surface area contributed by atoms with E-state index in [1.54, 1.807) is 0 Å². The number of hydrogen-bond donors (Lipinski definition) is 3. The number of carboxylic acid groups (broad SMARTS) is 1. The van der Waals surface area contributed by atoms with Crippen molar-refractivity contribution in [1.29, 1.82) is 0 Å². The lowest BCUT2D eigenvalue weighted by Gasteiger charge is -2.20. The molecule has 12 heteroatoms. The van der Waals surface area contributed by atoms with Crippen molar-refractivity contribution in [1.82, 2.24) is 0 Å². The number of carbonyl (C=O) groups excluding carboxylic acids is 2. The molecule has 0 amide bonds. The second kappa shape index (κ2) is 36.0. The molecular weight excluding hydrogens is 685 g/mol. The third-order valence-corrected chi connectivity index (χ3v) is 9.62. The standard InChI is InChI=1S/C40H74NO10P/c1-3-5-7-9-11-13-15-17-18-19-20-22-23-25-27-29-31-38(42)48-33-36(34-49-52(46,47)50-35-37(41)40(44)45)51-39(43)32-30-28-26-24-21-16-14-12-10-8-6-4-2/h12,14,18-19,36-37H,3-11,13,15-17,20-35,41H2,1-2H3,(H,44,45)(H,46,47)/b14-12-,19-18-/t36-,37+/m1/s1. The number of unbranched alkanes of at least 4 members (excludes halogenated alkanes) is 20. The Bertz CT molecular complexity index is 989. The fourth-order valence-corrected chi connectivity index (χ4v) is 6.18. The van der Waals surface area contributed by atoms with Gasteiger partial charge >= 0.3 is 25.7 Å². The van der Waals surface area contributed by atoms with Crippen LogP contribution in [-0.2, 0) is 37.5 Å². The lowest BCUT2D eigenvalue weighted by atomic mass is 10.1. The van der Waals surface area contributed by atoms with Gasteiger partial charge in [0.15, 0.2) is 6.10 Å². The molecule has 3 atom stereocenters. The minimum atomic E-state index is -4.71. The van der Waals surface area contributed by atoms with Gasteiger partial charge in [0.2, 0.25) is 0 Å². The van der Waals surface area contributed by atoms with Gasteiger partial charge in [0.05, 0.1) is 13.2 Å². The first-order chi connectivity index (χ1) is 25.1. The van der Waals surface area contributed by atoms with Gasteiger partial charge in [-0.1, -0.05) is 128 Å². The molecule has 52 heavy (non-hydrogen) atoms. The van der Waals surface area contributed by atoms with E-state index in [0.29, 0.717) is 12.8 Å². The Balaban J connectivity index is 4.40. The van der Waals surface area contributed by atoms with Crippen LogP contribution in [0.3, 0.4) is 0 Å². The Morgan fingerprint density at radius 3 is 1.44 bits per heavy atom. The van der Waals surface area contributed by atoms with Crippen molar-refractivity contribution in [3.8, 4) is 0 Å². The average Bonchev–Trinajstić information content (AvgIpc) is 3.12. The van der Waals surface area contributed by atoms with Crippen molar-refractivity contribution in [3.05, 3.63) is 24.3 Å². The summed E-state index contributed by atoms with van der Waals surface area (Å²) in [5.41, 5.74) is 5.32. The number of carbonyl (C=O) groups is 3. The van der Waals surface area contributed by atoms with E-state index in [1.165, 1.54) is 64.2 Å². The molecule has 0 radical (unpaired) electrons. The summed E-state index contributed by atoms with van der Waals surface area (Å²) >= 11 is 0. The Labute approximate surface area is 315 Å². The highest BCUT2D eigenvalue weighted by Gasteiger charge is 2.28. The maximum atomic E-state index is 12.6. The van der Waals surface area contributed by atoms with Gasteiger partial charge in [-0.15, -0.1) is 0 Å². The van der Waals surface area contributed by atoms with Gasteiger partial charge in [-0.2, -0.15) is 0 Å². The maximum absolute atomic E-state index is 12.6. The molecule has 0 fully saturated rings. The smallest absolute Gasteiger partial charge is 0.472 e. The summed E-state index contributed by atoms with van der Waals surface area (Å²) < 4.78 is 32.6. The quantitative estimate of drug-likeness (QED) is 0.0237. The summed E-state index contributed by atoms with van der Waals surface area (Å²) in [6, 6.07) is -1.52. The van der Waals surface area contributed by atoms with Gasteiger partial charge in [-0.25, -0.2) is 4.57 Å². The van der Waals surface area contributed by atoms with Crippen molar-refractivity contribution in [2.45, 2.75) is 193 Å². The SMILES string of the molecule is CCCCC/C=C\CCCCCCCC(=O)O[C@H](COC(=O)CCCCCCC/C=C\CCCCCCCCC)COP(=O)(O)OC[C@H](N)C(=O)O. The number of allylic oxidation sites excluding steroid dienone is 4. The zero-order chi connectivity index (χ0) is 38.5. The molecule has 0 bridgehead atoms. The Hall–Kier alpha value is -2.04. The molecule has 0 aliphatic rings. The highest BCUT2D eigenvalue weighted by atomic mass is 31.2. The molecule has 0 aliphatic carbocycles. The van der Waals surface area contributed by atoms with E-state index in [2.05, 4.69) is 42.7 Å². The Kier molecular flexibility index (Phi) is 34.6. The van der Waals surface area contributed by atoms with E-state index in [9.17, 15) is 23.8 Å². The predicted octanol–water partition coefficient (Wildman–Crippen LogP) is 10.3. The third kappa shape index (κ3) is 35.0. The van der Waals surface area contributed by atoms with Crippen LogP contribution in [0.5, 0.6) is 0 Å². The zero-order valence-corrected chi connectivity index (χ0v) is 33.5. The van der Waals surface area contributed by atoms with E-state index in [1.807, 2.05) is 0 Å². The van der Waals surface area contributed by atoms with Gasteiger partial charge in [-0.3, -0.25) is 23.4 Å². The maximum Gasteiger partial charge on any atom is 0.472 e. The van der Waals surface area contributed by atoms with Crippen LogP contribution in [0.2, 0.25) is 0 Å². The number of esters is 2. The van der Waals surface area contributed by atoms with Crippen LogP contribution >= 0.6 is 7.82 Å². The minimum absolute atomic E-state index is 0.150. The van der Waals surface area contributed by atoms with E-state index in [0.717, 1.165) is 77.0 Å². The summed E-state index contributed by atoms with van der Waals surface area (Å²) in [4.78, 5) is 45.8. The number of carboxylic acids is 1. The summed E-state index contributed by atoms with van der Waals surface area (Å²) in [5, 5.41) is 8.86. The molecule has 0 spiro atoms. The predicted molar refractivity (Wildman–Crippen MR) is 208 cm³/mol. The third-order valence-electron chi connectivity index (χ3n) is 8.67. The number of aliphatic carboxylic acids is 1. The molecule has 0 saturated carbocycles. The molecule has 304 valence electrons. The lowest BCUT2D eigenvalue weighted by molar-refractivity contribution is -0.161. The molecule has 0 heterocycles. The number of ether oxygens (including phenoxy) is 2. The zero-order valence-electron chi connectivity index (χ0n) is 32.7. The van der Waals surface area contributed by atoms with Gasteiger partial charge < -0.3 is 25.2 Å². The molecule has 1 unspecified atom stereocenters. The van der Waals surface area contributed by atoms with E-state index in [4.69, 9.17) is 24.8 Å². The summed E-state index contributed by atoms with van der Waals surface area (Å²) in [5.74, 6) is -2.40. The first kappa shape index (κ1) is 50.0. The first-order valence-corrected chi connectivity index (χ1v) is 21.9. The monoisotopic (exact) mass is 760 g/mol. The largest absolute Gasteiger partial charge is 0.480 e. The second-order valence-corrected chi connectivity index (χ2v) is 15.2. The van der Waals surface area contributed by atoms with Crippen LogP contribution in [0.4, 0.5) is 0 Å². The van der Waals surface area contributed by atoms with Gasteiger partial charge in [0.25, 0.3) is 0 Å². The average molecular weight is 760 g/mol. The van der Waals surface area contributed by atoms with Crippen molar-refractivity contribution in [3.63, 3.8) is 0 Å². The fraction of sp³-hybridized carbons (Fsp3) is 0.825. The van der Waals surface area contributed by atoms with E-state index in [-0.39, 0.29) is 19.4 Å². The normalized spacial score (nSPS) is 14.1. The van der Waals surface area contributed by atoms with Gasteiger partial charge in [0, 0.05) is 12.8 Å². The van der Waals surface area contributed by atoms with Crippen molar-refractivity contribution >= 4 is 25.7 Å². The minimum Gasteiger partial charge on any atom is -0.480 e. The van der Waals surface area contributed by atoms with E-state index < -0.39 is 51.1 Å². The molecular formula is C40H74NO10P. The number of nitrogens with two attached hydrogens (primary N) is 1. The number of rotatable bonds is 38. The van der Waals surface area contributed by atoms with Crippen LogP contribution < -0.4 is 5.73 Å². The van der Waals surface area contributed by atoms with Crippen molar-refractivity contribution in [2.24, 2.45) is 5.73 Å². The molecule has 0 aromatic carbocycles. The molecule has 0 rings (SSSR count). The van der Waals surface area contributed by atoms with Crippen LogP contribution in [-0.4, -0.2) is 59.9 Å². The molecule has 0 saturated heterocycles. The molecule has 4 N–H and O–H groups in total. The molecule has 11 nitrogen and oxygen atoms in total. The molecule has 0 aromatic rings. The number of phosphoric ester groups is 1. The topological polar surface area (TPSA) is 172 Å². The summed E-state index contributed by atoms with van der Waals surface area (Å²) in [6.45, 7) is 2.75. The Morgan fingerprint density at radius 1 is 0.577 bits per heavy atom. The van der Waals surface area contributed by atoms with E-state index >= 15 is 0 Å². The van der Waals surface area contributed by atoms with Gasteiger partial charge in [-0.05, 0) is 64.2 Å². The van der Waals surface area contributed by atoms with Crippen molar-refractivity contribution < 1.29 is 47.5 Å². The highest BCUT2D eigenvalue weighted by Crippen LogP contribution is 2.43. The number of phosphoric acid groups is 1. The van der Waals surface area contributed by atoms with Crippen LogP contribution in [0.15, 0.2) is 24.3 Å². The van der Waals surface area contributed by atoms with Gasteiger partial charge in [0.1, 0.15) is 12.6 Å².